The van der Waals surface area contributed by atoms with Gasteiger partial charge in [-0.3, -0.25) is 9.69 Å². The zero-order valence-corrected chi connectivity index (χ0v) is 13.7. The van der Waals surface area contributed by atoms with E-state index in [1.165, 1.54) is 12.1 Å². The first-order valence-electron chi connectivity index (χ1n) is 8.73. The maximum atomic E-state index is 13.0. The van der Waals surface area contributed by atoms with Crippen LogP contribution in [0.4, 0.5) is 10.1 Å². The highest BCUT2D eigenvalue weighted by atomic mass is 19.1. The number of rotatable bonds is 5. The molecule has 2 saturated heterocycles. The molecule has 1 amide bonds. The summed E-state index contributed by atoms with van der Waals surface area (Å²) in [5.41, 5.74) is 1.10. The molecule has 0 radical (unpaired) electrons. The molecule has 0 atom stereocenters. The summed E-state index contributed by atoms with van der Waals surface area (Å²) in [6, 6.07) is 6.76. The van der Waals surface area contributed by atoms with Crippen LogP contribution in [0, 0.1) is 5.82 Å². The van der Waals surface area contributed by atoms with Gasteiger partial charge in [-0.1, -0.05) is 0 Å². The number of nitrogens with zero attached hydrogens (tertiary/aromatic N) is 3. The molecule has 2 fully saturated rings. The van der Waals surface area contributed by atoms with Crippen LogP contribution in [-0.2, 0) is 4.79 Å². The molecule has 126 valence electrons. The molecule has 1 aromatic rings. The second-order valence-corrected chi connectivity index (χ2v) is 6.50. The Balaban J connectivity index is 1.37. The fourth-order valence-electron chi connectivity index (χ4n) is 3.46. The van der Waals surface area contributed by atoms with Crippen LogP contribution in [0.5, 0.6) is 0 Å². The first kappa shape index (κ1) is 16.2. The SMILES string of the molecule is O=C1CCCCN1CCCN1CCN(c2ccc(F)cc2)CC1. The number of likely N-dealkylation sites (tertiary alicyclic amines) is 1. The number of amides is 1. The van der Waals surface area contributed by atoms with Crippen molar-refractivity contribution in [2.75, 3.05) is 50.7 Å². The van der Waals surface area contributed by atoms with E-state index >= 15 is 0 Å². The lowest BCUT2D eigenvalue weighted by atomic mass is 10.1. The monoisotopic (exact) mass is 319 g/mol. The number of hydrogen-bond donors (Lipinski definition) is 0. The number of piperidine rings is 1. The summed E-state index contributed by atoms with van der Waals surface area (Å²) in [7, 11) is 0. The van der Waals surface area contributed by atoms with Gasteiger partial charge >= 0.3 is 0 Å². The molecule has 2 aliphatic heterocycles. The highest BCUT2D eigenvalue weighted by Gasteiger charge is 2.19. The van der Waals surface area contributed by atoms with Crippen LogP contribution < -0.4 is 4.90 Å². The molecule has 0 unspecified atom stereocenters. The highest BCUT2D eigenvalue weighted by molar-refractivity contribution is 5.76. The lowest BCUT2D eigenvalue weighted by Crippen LogP contribution is -2.47. The summed E-state index contributed by atoms with van der Waals surface area (Å²) in [4.78, 5) is 18.6. The standard InChI is InChI=1S/C18H26FN3O/c19-16-5-7-17(8-6-16)21-14-12-20(13-15-21)9-3-11-22-10-2-1-4-18(22)23/h5-8H,1-4,9-15H2. The number of benzene rings is 1. The van der Waals surface area contributed by atoms with Crippen molar-refractivity contribution >= 4 is 11.6 Å². The quantitative estimate of drug-likeness (QED) is 0.833. The van der Waals surface area contributed by atoms with E-state index < -0.39 is 0 Å². The predicted molar refractivity (Wildman–Crippen MR) is 90.1 cm³/mol. The minimum absolute atomic E-state index is 0.181. The zero-order valence-electron chi connectivity index (χ0n) is 13.7. The van der Waals surface area contributed by atoms with Gasteiger partial charge in [-0.05, 0) is 50.1 Å². The molecule has 23 heavy (non-hydrogen) atoms. The van der Waals surface area contributed by atoms with Gasteiger partial charge in [0, 0.05) is 51.4 Å². The fourth-order valence-corrected chi connectivity index (χ4v) is 3.46. The summed E-state index contributed by atoms with van der Waals surface area (Å²) >= 11 is 0. The predicted octanol–water partition coefficient (Wildman–Crippen LogP) is 2.35. The van der Waals surface area contributed by atoms with Gasteiger partial charge in [-0.2, -0.15) is 0 Å². The summed E-state index contributed by atoms with van der Waals surface area (Å²) < 4.78 is 13.0. The Hall–Kier alpha value is -1.62. The van der Waals surface area contributed by atoms with Crippen molar-refractivity contribution in [2.45, 2.75) is 25.7 Å². The van der Waals surface area contributed by atoms with Crippen molar-refractivity contribution in [3.63, 3.8) is 0 Å². The van der Waals surface area contributed by atoms with Crippen molar-refractivity contribution in [1.29, 1.82) is 0 Å². The molecule has 0 aromatic heterocycles. The summed E-state index contributed by atoms with van der Waals surface area (Å²) in [5, 5.41) is 0. The third kappa shape index (κ3) is 4.44. The Morgan fingerprint density at radius 2 is 1.65 bits per heavy atom. The average molecular weight is 319 g/mol. The molecule has 5 heteroatoms. The second-order valence-electron chi connectivity index (χ2n) is 6.50. The zero-order chi connectivity index (χ0) is 16.1. The first-order valence-corrected chi connectivity index (χ1v) is 8.73. The Bertz CT molecular complexity index is 512. The fraction of sp³-hybridized carbons (Fsp3) is 0.611. The minimum Gasteiger partial charge on any atom is -0.369 e. The van der Waals surface area contributed by atoms with E-state index in [0.29, 0.717) is 5.91 Å². The normalized spacial score (nSPS) is 20.1. The Labute approximate surface area is 137 Å². The first-order chi connectivity index (χ1) is 11.2. The van der Waals surface area contributed by atoms with E-state index in [-0.39, 0.29) is 5.82 Å². The van der Waals surface area contributed by atoms with Crippen molar-refractivity contribution in [2.24, 2.45) is 0 Å². The van der Waals surface area contributed by atoms with E-state index in [2.05, 4.69) is 9.80 Å². The van der Waals surface area contributed by atoms with Crippen molar-refractivity contribution in [1.82, 2.24) is 9.80 Å². The van der Waals surface area contributed by atoms with E-state index in [0.717, 1.165) is 77.2 Å². The van der Waals surface area contributed by atoms with Crippen molar-refractivity contribution < 1.29 is 9.18 Å². The van der Waals surface area contributed by atoms with E-state index in [9.17, 15) is 9.18 Å². The number of hydrogen-bond acceptors (Lipinski definition) is 3. The Kier molecular flexibility index (Phi) is 5.49. The lowest BCUT2D eigenvalue weighted by Gasteiger charge is -2.36. The van der Waals surface area contributed by atoms with Gasteiger partial charge in [-0.25, -0.2) is 4.39 Å². The second kappa shape index (κ2) is 7.77. The smallest absolute Gasteiger partial charge is 0.222 e. The van der Waals surface area contributed by atoms with E-state index in [1.807, 2.05) is 17.0 Å². The lowest BCUT2D eigenvalue weighted by molar-refractivity contribution is -0.133. The van der Waals surface area contributed by atoms with Crippen LogP contribution >= 0.6 is 0 Å². The molecule has 0 saturated carbocycles. The molecule has 4 nitrogen and oxygen atoms in total. The van der Waals surface area contributed by atoms with Gasteiger partial charge in [0.25, 0.3) is 0 Å². The number of anilines is 1. The van der Waals surface area contributed by atoms with Gasteiger partial charge < -0.3 is 9.80 Å². The molecule has 2 heterocycles. The summed E-state index contributed by atoms with van der Waals surface area (Å²) in [6.07, 6.45) is 4.00. The van der Waals surface area contributed by atoms with Crippen LogP contribution in [-0.4, -0.2) is 61.5 Å². The van der Waals surface area contributed by atoms with Crippen LogP contribution in [0.2, 0.25) is 0 Å². The van der Waals surface area contributed by atoms with Crippen LogP contribution in [0.1, 0.15) is 25.7 Å². The molecule has 2 aliphatic rings. The van der Waals surface area contributed by atoms with Crippen molar-refractivity contribution in [3.05, 3.63) is 30.1 Å². The topological polar surface area (TPSA) is 26.8 Å². The van der Waals surface area contributed by atoms with Crippen LogP contribution in [0.3, 0.4) is 0 Å². The molecule has 0 N–H and O–H groups in total. The van der Waals surface area contributed by atoms with Crippen molar-refractivity contribution in [3.8, 4) is 0 Å². The summed E-state index contributed by atoms with van der Waals surface area (Å²) in [6.45, 7) is 6.93. The highest BCUT2D eigenvalue weighted by Crippen LogP contribution is 2.17. The van der Waals surface area contributed by atoms with Crippen LogP contribution in [0.15, 0.2) is 24.3 Å². The molecule has 0 aliphatic carbocycles. The van der Waals surface area contributed by atoms with Gasteiger partial charge in [0.15, 0.2) is 0 Å². The number of halogens is 1. The molecule has 0 bridgehead atoms. The molecular formula is C18H26FN3O. The Morgan fingerprint density at radius 1 is 0.913 bits per heavy atom. The Morgan fingerprint density at radius 3 is 2.35 bits per heavy atom. The van der Waals surface area contributed by atoms with Gasteiger partial charge in [0.05, 0.1) is 0 Å². The maximum absolute atomic E-state index is 13.0. The van der Waals surface area contributed by atoms with Gasteiger partial charge in [-0.15, -0.1) is 0 Å². The van der Waals surface area contributed by atoms with E-state index in [1.54, 1.807) is 0 Å². The molecule has 1 aromatic carbocycles. The molecule has 0 spiro atoms. The molecular weight excluding hydrogens is 293 g/mol. The number of carbonyl (C=O) groups excluding carboxylic acids is 1. The number of carbonyl (C=O) groups is 1. The van der Waals surface area contributed by atoms with Crippen LogP contribution in [0.25, 0.3) is 0 Å². The third-order valence-electron chi connectivity index (χ3n) is 4.89. The number of piperazine rings is 1. The summed E-state index contributed by atoms with van der Waals surface area (Å²) in [5.74, 6) is 0.150. The minimum atomic E-state index is -0.181. The third-order valence-corrected chi connectivity index (χ3v) is 4.89. The average Bonchev–Trinajstić information content (AvgIpc) is 2.58. The molecule has 3 rings (SSSR count). The largest absolute Gasteiger partial charge is 0.369 e. The maximum Gasteiger partial charge on any atom is 0.222 e. The van der Waals surface area contributed by atoms with E-state index in [4.69, 9.17) is 0 Å². The van der Waals surface area contributed by atoms with Gasteiger partial charge in [0.2, 0.25) is 5.91 Å². The van der Waals surface area contributed by atoms with Gasteiger partial charge in [0.1, 0.15) is 5.82 Å².